The van der Waals surface area contributed by atoms with Gasteiger partial charge in [0.25, 0.3) is 5.56 Å². The molecule has 10 nitrogen and oxygen atoms in total. The van der Waals surface area contributed by atoms with Gasteiger partial charge in [-0.25, -0.2) is 9.89 Å². The number of carbonyl (C=O) groups is 1. The summed E-state index contributed by atoms with van der Waals surface area (Å²) < 4.78 is 11.6. The third kappa shape index (κ3) is 4.41. The molecule has 0 radical (unpaired) electrons. The van der Waals surface area contributed by atoms with Crippen LogP contribution in [0.5, 0.6) is 17.4 Å². The van der Waals surface area contributed by atoms with Crippen molar-refractivity contribution in [1.82, 2.24) is 15.5 Å². The molecule has 3 aromatic rings. The predicted molar refractivity (Wildman–Crippen MR) is 132 cm³/mol. The summed E-state index contributed by atoms with van der Waals surface area (Å²) >= 11 is 12.9. The third-order valence-electron chi connectivity index (χ3n) is 5.39. The van der Waals surface area contributed by atoms with Crippen LogP contribution >= 0.6 is 23.2 Å². The topological polar surface area (TPSA) is 135 Å². The number of nitrogens with zero attached hydrogens (tertiary/aromatic N) is 3. The molecule has 5 rings (SSSR count). The minimum atomic E-state index is -0.578. The molecule has 0 saturated heterocycles. The number of aromatic amines is 1. The number of rotatable bonds is 4. The average Bonchev–Trinajstić information content (AvgIpc) is 2.84. The van der Waals surface area contributed by atoms with Crippen molar-refractivity contribution in [3.8, 4) is 28.5 Å². The van der Waals surface area contributed by atoms with Gasteiger partial charge in [-0.05, 0) is 48.2 Å². The second-order valence-electron chi connectivity index (χ2n) is 7.77. The minimum Gasteiger partial charge on any atom is -0.493 e. The number of aryl methyl sites for hydroxylation is 1. The fourth-order valence-electron chi connectivity index (χ4n) is 3.70. The Morgan fingerprint density at radius 2 is 1.91 bits per heavy atom. The van der Waals surface area contributed by atoms with Gasteiger partial charge in [-0.3, -0.25) is 4.79 Å². The summed E-state index contributed by atoms with van der Waals surface area (Å²) in [5.74, 6) is 1.02. The Hall–Kier alpha value is -4.02. The van der Waals surface area contributed by atoms with Crippen molar-refractivity contribution in [1.29, 1.82) is 0 Å². The molecule has 2 aliphatic heterocycles. The van der Waals surface area contributed by atoms with Crippen LogP contribution in [0.15, 0.2) is 58.6 Å². The van der Waals surface area contributed by atoms with Gasteiger partial charge in [0.1, 0.15) is 5.75 Å². The van der Waals surface area contributed by atoms with Crippen molar-refractivity contribution in [3.63, 3.8) is 0 Å². The largest absolute Gasteiger partial charge is 0.493 e. The summed E-state index contributed by atoms with van der Waals surface area (Å²) in [5.41, 5.74) is 8.01. The molecule has 1 aromatic heterocycles. The number of amides is 2. The van der Waals surface area contributed by atoms with E-state index in [2.05, 4.69) is 27.2 Å². The van der Waals surface area contributed by atoms with E-state index in [9.17, 15) is 9.59 Å². The Morgan fingerprint density at radius 3 is 2.69 bits per heavy atom. The van der Waals surface area contributed by atoms with E-state index in [0.29, 0.717) is 12.2 Å². The van der Waals surface area contributed by atoms with Gasteiger partial charge in [0.05, 0.1) is 33.6 Å². The van der Waals surface area contributed by atoms with Gasteiger partial charge >= 0.3 is 6.03 Å². The maximum atomic E-state index is 12.3. The summed E-state index contributed by atoms with van der Waals surface area (Å²) in [6.07, 6.45) is 1.77. The number of anilines is 1. The number of aromatic nitrogens is 2. The number of hydrogen-bond acceptors (Lipinski definition) is 7. The molecule has 4 N–H and O–H groups in total. The molecule has 2 amide bonds. The molecule has 0 bridgehead atoms. The standard InChI is InChI=1S/C23H18Cl2N6O4/c1-11-21(26)30-31(23(33)27-11)14-8-16(24)20(17(25)9-14)35-22-15(10-19(32)28-29-22)12-4-5-18-13(7-12)3-2-6-34-18/h4-5,7-10H,1-3,6H2,(H2,26,30)(H,27,33)(H,28,32). The minimum absolute atomic E-state index is 0.0368. The molecule has 0 atom stereocenters. The molecule has 0 unspecified atom stereocenters. The maximum Gasteiger partial charge on any atom is 0.347 e. The molecule has 2 aromatic carbocycles. The van der Waals surface area contributed by atoms with E-state index in [-0.39, 0.29) is 38.9 Å². The number of fused-ring (bicyclic) bond motifs is 1. The lowest BCUT2D eigenvalue weighted by Crippen LogP contribution is -2.45. The zero-order valence-electron chi connectivity index (χ0n) is 18.1. The van der Waals surface area contributed by atoms with Crippen molar-refractivity contribution in [2.75, 3.05) is 11.6 Å². The monoisotopic (exact) mass is 512 g/mol. The lowest BCUT2D eigenvalue weighted by Gasteiger charge is -2.24. The summed E-state index contributed by atoms with van der Waals surface area (Å²) in [4.78, 5) is 24.4. The zero-order chi connectivity index (χ0) is 24.7. The number of halogens is 2. The van der Waals surface area contributed by atoms with Crippen LogP contribution < -0.4 is 31.1 Å². The summed E-state index contributed by atoms with van der Waals surface area (Å²) in [5, 5.41) is 14.1. The fraction of sp³-hybridized carbons (Fsp3) is 0.130. The molecule has 0 fully saturated rings. The number of ether oxygens (including phenoxy) is 2. The Kier molecular flexibility index (Phi) is 5.83. The van der Waals surface area contributed by atoms with Gasteiger partial charge in [-0.2, -0.15) is 5.01 Å². The summed E-state index contributed by atoms with van der Waals surface area (Å²) in [6.45, 7) is 4.28. The van der Waals surface area contributed by atoms with E-state index >= 15 is 0 Å². The Labute approximate surface area is 208 Å². The quantitative estimate of drug-likeness (QED) is 0.479. The van der Waals surface area contributed by atoms with Gasteiger partial charge < -0.3 is 20.5 Å². The lowest BCUT2D eigenvalue weighted by atomic mass is 10.00. The van der Waals surface area contributed by atoms with Crippen LogP contribution in [0.2, 0.25) is 10.0 Å². The average molecular weight is 513 g/mol. The molecule has 0 saturated carbocycles. The number of carbonyl (C=O) groups excluding carboxylic acids is 1. The van der Waals surface area contributed by atoms with Crippen LogP contribution in [0, 0.1) is 0 Å². The Balaban J connectivity index is 1.51. The SMILES string of the molecule is C=C1NC(=O)N(c2cc(Cl)c(Oc3n[nH]c(=O)cc3-c3ccc4c(c3)CCCO4)c(Cl)c2)N=C1N. The van der Waals surface area contributed by atoms with Gasteiger partial charge in [-0.1, -0.05) is 35.8 Å². The van der Waals surface area contributed by atoms with Crippen LogP contribution in [-0.2, 0) is 6.42 Å². The van der Waals surface area contributed by atoms with Crippen LogP contribution in [-0.4, -0.2) is 28.7 Å². The zero-order valence-corrected chi connectivity index (χ0v) is 19.6. The van der Waals surface area contributed by atoms with E-state index in [0.717, 1.165) is 34.7 Å². The molecule has 178 valence electrons. The van der Waals surface area contributed by atoms with E-state index in [4.69, 9.17) is 38.4 Å². The highest BCUT2D eigenvalue weighted by molar-refractivity contribution is 6.37. The number of hydrazone groups is 1. The van der Waals surface area contributed by atoms with Gasteiger partial charge in [0.15, 0.2) is 11.6 Å². The second kappa shape index (κ2) is 8.97. The first-order valence-electron chi connectivity index (χ1n) is 10.5. The van der Waals surface area contributed by atoms with Crippen molar-refractivity contribution >= 4 is 40.8 Å². The lowest BCUT2D eigenvalue weighted by molar-refractivity contribution is 0.248. The highest BCUT2D eigenvalue weighted by atomic mass is 35.5. The van der Waals surface area contributed by atoms with E-state index in [1.807, 2.05) is 18.2 Å². The molecular formula is C23H18Cl2N6O4. The predicted octanol–water partition coefficient (Wildman–Crippen LogP) is 4.18. The number of nitrogens with two attached hydrogens (primary N) is 1. The molecule has 0 aliphatic carbocycles. The van der Waals surface area contributed by atoms with Gasteiger partial charge in [0.2, 0.25) is 5.88 Å². The first-order chi connectivity index (χ1) is 16.8. The summed E-state index contributed by atoms with van der Waals surface area (Å²) in [7, 11) is 0. The number of urea groups is 1. The Morgan fingerprint density at radius 1 is 1.14 bits per heavy atom. The molecule has 35 heavy (non-hydrogen) atoms. The van der Waals surface area contributed by atoms with Crippen molar-refractivity contribution in [2.24, 2.45) is 10.8 Å². The van der Waals surface area contributed by atoms with Crippen molar-refractivity contribution in [2.45, 2.75) is 12.8 Å². The third-order valence-corrected chi connectivity index (χ3v) is 5.95. The molecule has 12 heteroatoms. The van der Waals surface area contributed by atoms with Gasteiger partial charge in [-0.15, -0.1) is 10.2 Å². The first kappa shape index (κ1) is 22.8. The molecule has 3 heterocycles. The number of benzene rings is 2. The maximum absolute atomic E-state index is 12.3. The summed E-state index contributed by atoms with van der Waals surface area (Å²) in [6, 6.07) is 9.30. The van der Waals surface area contributed by atoms with Crippen LogP contribution in [0.4, 0.5) is 10.5 Å². The van der Waals surface area contributed by atoms with Crippen molar-refractivity contribution < 1.29 is 14.3 Å². The molecular weight excluding hydrogens is 495 g/mol. The van der Waals surface area contributed by atoms with E-state index in [1.54, 1.807) is 0 Å². The molecule has 0 spiro atoms. The smallest absolute Gasteiger partial charge is 0.347 e. The number of hydrogen-bond donors (Lipinski definition) is 3. The van der Waals surface area contributed by atoms with Crippen molar-refractivity contribution in [3.05, 3.63) is 74.6 Å². The molecule has 2 aliphatic rings. The first-order valence-corrected chi connectivity index (χ1v) is 11.2. The number of nitrogens with one attached hydrogen (secondary N) is 2. The number of amidine groups is 1. The Bertz CT molecular complexity index is 1450. The van der Waals surface area contributed by atoms with E-state index in [1.165, 1.54) is 18.2 Å². The van der Waals surface area contributed by atoms with E-state index < -0.39 is 11.6 Å². The number of H-pyrrole nitrogens is 1. The van der Waals surface area contributed by atoms with Crippen LogP contribution in [0.1, 0.15) is 12.0 Å². The van der Waals surface area contributed by atoms with Gasteiger partial charge in [0, 0.05) is 6.07 Å². The van der Waals surface area contributed by atoms with Crippen LogP contribution in [0.3, 0.4) is 0 Å². The highest BCUT2D eigenvalue weighted by Gasteiger charge is 2.25. The fourth-order valence-corrected chi connectivity index (χ4v) is 4.25. The highest BCUT2D eigenvalue weighted by Crippen LogP contribution is 2.42. The normalized spacial score (nSPS) is 15.1. The van der Waals surface area contributed by atoms with Crippen LogP contribution in [0.25, 0.3) is 11.1 Å². The second-order valence-corrected chi connectivity index (χ2v) is 8.59.